The van der Waals surface area contributed by atoms with Crippen molar-refractivity contribution in [3.8, 4) is 0 Å². The number of aromatic nitrogens is 2. The van der Waals surface area contributed by atoms with Crippen molar-refractivity contribution in [2.24, 2.45) is 0 Å². The molecule has 0 bridgehead atoms. The van der Waals surface area contributed by atoms with Gasteiger partial charge in [0, 0.05) is 18.4 Å². The molecule has 2 heterocycles. The van der Waals surface area contributed by atoms with E-state index in [4.69, 9.17) is 0 Å². The first-order chi connectivity index (χ1) is 7.07. The molecule has 0 radical (unpaired) electrons. The van der Waals surface area contributed by atoms with Gasteiger partial charge in [-0.2, -0.15) is 13.2 Å². The van der Waals surface area contributed by atoms with Crippen LogP contribution in [0.3, 0.4) is 0 Å². The van der Waals surface area contributed by atoms with E-state index < -0.39 is 12.2 Å². The van der Waals surface area contributed by atoms with Crippen LogP contribution in [0.5, 0.6) is 0 Å². The van der Waals surface area contributed by atoms with E-state index in [0.717, 1.165) is 0 Å². The van der Waals surface area contributed by atoms with Gasteiger partial charge in [-0.05, 0) is 19.4 Å². The topological polar surface area (TPSA) is 29.9 Å². The fourth-order valence-corrected chi connectivity index (χ4v) is 1.90. The van der Waals surface area contributed by atoms with Crippen LogP contribution in [0.15, 0.2) is 18.7 Å². The lowest BCUT2D eigenvalue weighted by molar-refractivity contribution is -0.162. The molecule has 2 atom stereocenters. The number of piperidine rings is 1. The maximum atomic E-state index is 12.5. The van der Waals surface area contributed by atoms with Crippen molar-refractivity contribution in [3.05, 3.63) is 18.7 Å². The first-order valence-corrected chi connectivity index (χ1v) is 4.85. The first kappa shape index (κ1) is 10.5. The van der Waals surface area contributed by atoms with Gasteiger partial charge in [-0.1, -0.05) is 0 Å². The summed E-state index contributed by atoms with van der Waals surface area (Å²) in [5, 5.41) is 2.49. The lowest BCUT2D eigenvalue weighted by Crippen LogP contribution is -2.47. The number of nitrogens with one attached hydrogen (secondary N) is 1. The number of rotatable bonds is 1. The molecule has 1 aliphatic heterocycles. The molecule has 6 heteroatoms. The van der Waals surface area contributed by atoms with Gasteiger partial charge in [0.25, 0.3) is 0 Å². The van der Waals surface area contributed by atoms with E-state index in [-0.39, 0.29) is 12.5 Å². The Bertz CT molecular complexity index is 307. The monoisotopic (exact) mass is 219 g/mol. The Balaban J connectivity index is 2.05. The normalized spacial score (nSPS) is 27.9. The minimum Gasteiger partial charge on any atom is -0.334 e. The molecule has 0 aromatic carbocycles. The van der Waals surface area contributed by atoms with Crippen LogP contribution in [0.2, 0.25) is 0 Å². The molecule has 84 valence electrons. The van der Waals surface area contributed by atoms with E-state index in [1.165, 1.54) is 0 Å². The molecular weight excluding hydrogens is 207 g/mol. The van der Waals surface area contributed by atoms with Crippen LogP contribution in [0.4, 0.5) is 13.2 Å². The van der Waals surface area contributed by atoms with Gasteiger partial charge in [0.1, 0.15) is 6.04 Å². The predicted molar refractivity (Wildman–Crippen MR) is 48.3 cm³/mol. The van der Waals surface area contributed by atoms with E-state index in [2.05, 4.69) is 10.3 Å². The fourth-order valence-electron chi connectivity index (χ4n) is 1.90. The molecule has 3 nitrogen and oxygen atoms in total. The third-order valence-corrected chi connectivity index (χ3v) is 2.72. The second kappa shape index (κ2) is 3.84. The molecular formula is C9H12F3N3. The summed E-state index contributed by atoms with van der Waals surface area (Å²) in [4.78, 5) is 3.85. The molecule has 1 fully saturated rings. The summed E-state index contributed by atoms with van der Waals surface area (Å²) in [6.45, 7) is 0.396. The van der Waals surface area contributed by atoms with Crippen molar-refractivity contribution in [1.82, 2.24) is 14.9 Å². The third-order valence-electron chi connectivity index (χ3n) is 2.72. The highest BCUT2D eigenvalue weighted by molar-refractivity contribution is 4.89. The zero-order valence-electron chi connectivity index (χ0n) is 8.04. The molecule has 1 N–H and O–H groups in total. The van der Waals surface area contributed by atoms with Crippen molar-refractivity contribution < 1.29 is 13.2 Å². The summed E-state index contributed by atoms with van der Waals surface area (Å²) in [5.74, 6) is 0. The molecule has 2 unspecified atom stereocenters. The molecule has 1 aromatic heterocycles. The average Bonchev–Trinajstić information content (AvgIpc) is 2.69. The lowest BCUT2D eigenvalue weighted by atomic mass is 9.99. The highest BCUT2D eigenvalue weighted by atomic mass is 19.4. The Morgan fingerprint density at radius 3 is 2.80 bits per heavy atom. The zero-order valence-corrected chi connectivity index (χ0v) is 8.04. The van der Waals surface area contributed by atoms with E-state index in [0.29, 0.717) is 13.0 Å². The Morgan fingerprint density at radius 2 is 2.20 bits per heavy atom. The largest absolute Gasteiger partial charge is 0.403 e. The second-order valence-electron chi connectivity index (χ2n) is 3.74. The number of nitrogens with zero attached hydrogens (tertiary/aromatic N) is 2. The molecule has 0 spiro atoms. The number of alkyl halides is 3. The molecule has 1 saturated heterocycles. The zero-order chi connectivity index (χ0) is 10.9. The highest BCUT2D eigenvalue weighted by Crippen LogP contribution is 2.31. The number of hydrogen-bond donors (Lipinski definition) is 1. The van der Waals surface area contributed by atoms with Crippen LogP contribution in [-0.4, -0.2) is 28.3 Å². The van der Waals surface area contributed by atoms with E-state index in [9.17, 15) is 13.2 Å². The Kier molecular flexibility index (Phi) is 2.68. The number of imidazole rings is 1. The summed E-state index contributed by atoms with van der Waals surface area (Å²) in [7, 11) is 0. The summed E-state index contributed by atoms with van der Waals surface area (Å²) < 4.78 is 39.2. The van der Waals surface area contributed by atoms with Crippen LogP contribution in [0.1, 0.15) is 18.9 Å². The van der Waals surface area contributed by atoms with Gasteiger partial charge in [-0.3, -0.25) is 0 Å². The van der Waals surface area contributed by atoms with Crippen LogP contribution in [0, 0.1) is 0 Å². The maximum Gasteiger partial charge on any atom is 0.403 e. The third kappa shape index (κ3) is 2.31. The Morgan fingerprint density at radius 1 is 1.40 bits per heavy atom. The van der Waals surface area contributed by atoms with Crippen LogP contribution < -0.4 is 5.32 Å². The van der Waals surface area contributed by atoms with Gasteiger partial charge in [0.15, 0.2) is 0 Å². The molecule has 0 amide bonds. The van der Waals surface area contributed by atoms with Gasteiger partial charge < -0.3 is 9.88 Å². The molecule has 1 aromatic rings. The van der Waals surface area contributed by atoms with Gasteiger partial charge in [0.2, 0.25) is 0 Å². The van der Waals surface area contributed by atoms with E-state index in [1.54, 1.807) is 23.3 Å². The minimum absolute atomic E-state index is 0.0832. The summed E-state index contributed by atoms with van der Waals surface area (Å²) >= 11 is 0. The van der Waals surface area contributed by atoms with Gasteiger partial charge in [-0.25, -0.2) is 4.98 Å². The molecule has 15 heavy (non-hydrogen) atoms. The molecule has 2 rings (SSSR count). The minimum atomic E-state index is -4.15. The maximum absolute atomic E-state index is 12.5. The molecule has 0 aliphatic carbocycles. The van der Waals surface area contributed by atoms with Crippen molar-refractivity contribution in [2.45, 2.75) is 31.1 Å². The van der Waals surface area contributed by atoms with Gasteiger partial charge in [0.05, 0.1) is 6.33 Å². The van der Waals surface area contributed by atoms with Crippen molar-refractivity contribution in [2.75, 3.05) is 6.54 Å². The van der Waals surface area contributed by atoms with Crippen molar-refractivity contribution in [3.63, 3.8) is 0 Å². The smallest absolute Gasteiger partial charge is 0.334 e. The molecule has 1 aliphatic rings. The Hall–Kier alpha value is -1.04. The molecule has 0 saturated carbocycles. The van der Waals surface area contributed by atoms with E-state index in [1.807, 2.05) is 0 Å². The quantitative estimate of drug-likeness (QED) is 0.779. The van der Waals surface area contributed by atoms with Gasteiger partial charge >= 0.3 is 6.18 Å². The SMILES string of the molecule is FC(F)(F)C1CC(n2ccnc2)CCN1. The predicted octanol–water partition coefficient (Wildman–Crippen LogP) is 1.74. The number of halogens is 3. The van der Waals surface area contributed by atoms with Gasteiger partial charge in [-0.15, -0.1) is 0 Å². The summed E-state index contributed by atoms with van der Waals surface area (Å²) in [5.41, 5.74) is 0. The fraction of sp³-hybridized carbons (Fsp3) is 0.667. The van der Waals surface area contributed by atoms with Crippen molar-refractivity contribution >= 4 is 0 Å². The number of hydrogen-bond acceptors (Lipinski definition) is 2. The van der Waals surface area contributed by atoms with Crippen LogP contribution >= 0.6 is 0 Å². The Labute approximate surface area is 85.3 Å². The summed E-state index contributed by atoms with van der Waals surface area (Å²) in [6.07, 6.45) is 1.51. The average molecular weight is 219 g/mol. The second-order valence-corrected chi connectivity index (χ2v) is 3.74. The van der Waals surface area contributed by atoms with Crippen LogP contribution in [0.25, 0.3) is 0 Å². The van der Waals surface area contributed by atoms with Crippen LogP contribution in [-0.2, 0) is 0 Å². The standard InChI is InChI=1S/C9H12F3N3/c10-9(11,12)8-5-7(1-2-14-8)15-4-3-13-6-15/h3-4,6-8,14H,1-2,5H2. The first-order valence-electron chi connectivity index (χ1n) is 4.85. The highest BCUT2D eigenvalue weighted by Gasteiger charge is 2.42. The summed E-state index contributed by atoms with van der Waals surface area (Å²) in [6, 6.07) is -1.49. The van der Waals surface area contributed by atoms with E-state index >= 15 is 0 Å². The van der Waals surface area contributed by atoms with Crippen molar-refractivity contribution in [1.29, 1.82) is 0 Å². The lowest BCUT2D eigenvalue weighted by Gasteiger charge is -2.32.